The zero-order valence-corrected chi connectivity index (χ0v) is 11.6. The molecule has 17 heavy (non-hydrogen) atoms. The summed E-state index contributed by atoms with van der Waals surface area (Å²) in [7, 11) is 0. The number of nitrogens with two attached hydrogens (primary N) is 1. The standard InChI is InChI=1S/C15H26N2/c1-12(2)9-10-15(4,11-16)17-14-7-5-13(3)6-8-14/h5-8,12,17H,9-11,16H2,1-4H3. The molecule has 0 saturated carbocycles. The molecule has 0 amide bonds. The Morgan fingerprint density at radius 2 is 1.82 bits per heavy atom. The highest BCUT2D eigenvalue weighted by Gasteiger charge is 2.22. The first-order chi connectivity index (χ1) is 7.95. The SMILES string of the molecule is Cc1ccc(NC(C)(CN)CCC(C)C)cc1. The summed E-state index contributed by atoms with van der Waals surface area (Å²) in [6.07, 6.45) is 2.31. The first-order valence-corrected chi connectivity index (χ1v) is 6.50. The lowest BCUT2D eigenvalue weighted by Gasteiger charge is -2.31. The molecule has 0 saturated heterocycles. The van der Waals surface area contributed by atoms with E-state index in [-0.39, 0.29) is 5.54 Å². The second-order valence-electron chi connectivity index (χ2n) is 5.69. The molecule has 0 aliphatic rings. The predicted octanol–water partition coefficient (Wildman–Crippen LogP) is 3.56. The predicted molar refractivity (Wildman–Crippen MR) is 76.3 cm³/mol. The Hall–Kier alpha value is -1.02. The highest BCUT2D eigenvalue weighted by Crippen LogP contribution is 2.21. The van der Waals surface area contributed by atoms with Gasteiger partial charge >= 0.3 is 0 Å². The monoisotopic (exact) mass is 234 g/mol. The number of hydrogen-bond donors (Lipinski definition) is 2. The van der Waals surface area contributed by atoms with Crippen molar-refractivity contribution >= 4 is 5.69 Å². The van der Waals surface area contributed by atoms with Crippen molar-refractivity contribution in [3.8, 4) is 0 Å². The van der Waals surface area contributed by atoms with Crippen LogP contribution in [0, 0.1) is 12.8 Å². The number of benzene rings is 1. The summed E-state index contributed by atoms with van der Waals surface area (Å²) in [5, 5.41) is 3.56. The van der Waals surface area contributed by atoms with E-state index in [0.29, 0.717) is 6.54 Å². The molecule has 0 radical (unpaired) electrons. The van der Waals surface area contributed by atoms with Gasteiger partial charge in [-0.25, -0.2) is 0 Å². The minimum Gasteiger partial charge on any atom is -0.379 e. The fourth-order valence-corrected chi connectivity index (χ4v) is 1.81. The van der Waals surface area contributed by atoms with Crippen LogP contribution in [0.4, 0.5) is 5.69 Å². The molecule has 0 aromatic heterocycles. The summed E-state index contributed by atoms with van der Waals surface area (Å²) >= 11 is 0. The molecule has 0 spiro atoms. The summed E-state index contributed by atoms with van der Waals surface area (Å²) in [5.74, 6) is 0.723. The Balaban J connectivity index is 2.64. The minimum atomic E-state index is -0.000468. The van der Waals surface area contributed by atoms with Crippen LogP contribution in [-0.2, 0) is 0 Å². The minimum absolute atomic E-state index is 0.000468. The van der Waals surface area contributed by atoms with Crippen molar-refractivity contribution in [3.63, 3.8) is 0 Å². The molecule has 1 aromatic rings. The molecule has 0 heterocycles. The fourth-order valence-electron chi connectivity index (χ4n) is 1.81. The van der Waals surface area contributed by atoms with Crippen molar-refractivity contribution in [3.05, 3.63) is 29.8 Å². The normalized spacial score (nSPS) is 14.7. The van der Waals surface area contributed by atoms with Crippen LogP contribution in [-0.4, -0.2) is 12.1 Å². The van der Waals surface area contributed by atoms with E-state index in [4.69, 9.17) is 5.73 Å². The zero-order chi connectivity index (χ0) is 12.9. The van der Waals surface area contributed by atoms with Gasteiger partial charge < -0.3 is 11.1 Å². The maximum absolute atomic E-state index is 5.91. The Morgan fingerprint density at radius 1 is 1.24 bits per heavy atom. The molecular formula is C15H26N2. The largest absolute Gasteiger partial charge is 0.379 e. The molecule has 2 nitrogen and oxygen atoms in total. The van der Waals surface area contributed by atoms with E-state index in [2.05, 4.69) is 57.3 Å². The number of rotatable bonds is 6. The summed E-state index contributed by atoms with van der Waals surface area (Å²) in [4.78, 5) is 0. The summed E-state index contributed by atoms with van der Waals surface area (Å²) in [6.45, 7) is 9.47. The van der Waals surface area contributed by atoms with Gasteiger partial charge in [-0.2, -0.15) is 0 Å². The third-order valence-electron chi connectivity index (χ3n) is 3.22. The lowest BCUT2D eigenvalue weighted by Crippen LogP contribution is -2.42. The van der Waals surface area contributed by atoms with E-state index in [0.717, 1.165) is 18.0 Å². The van der Waals surface area contributed by atoms with Crippen molar-refractivity contribution in [2.24, 2.45) is 11.7 Å². The third kappa shape index (κ3) is 4.78. The van der Waals surface area contributed by atoms with Gasteiger partial charge in [0.25, 0.3) is 0 Å². The molecule has 96 valence electrons. The molecule has 0 aliphatic heterocycles. The van der Waals surface area contributed by atoms with Gasteiger partial charge in [-0.1, -0.05) is 31.5 Å². The van der Waals surface area contributed by atoms with E-state index in [1.165, 1.54) is 12.0 Å². The van der Waals surface area contributed by atoms with E-state index >= 15 is 0 Å². The van der Waals surface area contributed by atoms with Gasteiger partial charge in [0, 0.05) is 17.8 Å². The second-order valence-corrected chi connectivity index (χ2v) is 5.69. The smallest absolute Gasteiger partial charge is 0.0467 e. The Bertz CT molecular complexity index is 329. The topological polar surface area (TPSA) is 38.0 Å². The van der Waals surface area contributed by atoms with Gasteiger partial charge in [0.05, 0.1) is 0 Å². The first kappa shape index (κ1) is 14.0. The van der Waals surface area contributed by atoms with Gasteiger partial charge in [-0.15, -0.1) is 0 Å². The number of anilines is 1. The average molecular weight is 234 g/mol. The highest BCUT2D eigenvalue weighted by molar-refractivity contribution is 5.46. The van der Waals surface area contributed by atoms with Crippen LogP contribution in [0.5, 0.6) is 0 Å². The van der Waals surface area contributed by atoms with Gasteiger partial charge in [0.2, 0.25) is 0 Å². The number of nitrogens with one attached hydrogen (secondary N) is 1. The van der Waals surface area contributed by atoms with Crippen molar-refractivity contribution in [1.29, 1.82) is 0 Å². The molecule has 2 heteroatoms. The Morgan fingerprint density at radius 3 is 2.29 bits per heavy atom. The highest BCUT2D eigenvalue weighted by atomic mass is 15.0. The molecule has 1 unspecified atom stereocenters. The van der Waals surface area contributed by atoms with E-state index in [1.807, 2.05) is 0 Å². The van der Waals surface area contributed by atoms with Gasteiger partial charge in [0.15, 0.2) is 0 Å². The van der Waals surface area contributed by atoms with E-state index < -0.39 is 0 Å². The average Bonchev–Trinajstić information content (AvgIpc) is 2.30. The zero-order valence-electron chi connectivity index (χ0n) is 11.6. The molecule has 1 aromatic carbocycles. The maximum atomic E-state index is 5.91. The van der Waals surface area contributed by atoms with Crippen molar-refractivity contribution in [1.82, 2.24) is 0 Å². The van der Waals surface area contributed by atoms with Crippen LogP contribution in [0.2, 0.25) is 0 Å². The molecule has 1 atom stereocenters. The summed E-state index contributed by atoms with van der Waals surface area (Å²) in [6, 6.07) is 8.50. The number of hydrogen-bond acceptors (Lipinski definition) is 2. The molecule has 0 fully saturated rings. The van der Waals surface area contributed by atoms with Crippen LogP contribution in [0.3, 0.4) is 0 Å². The lowest BCUT2D eigenvalue weighted by molar-refractivity contribution is 0.420. The second kappa shape index (κ2) is 6.06. The Kier molecular flexibility index (Phi) is 5.01. The van der Waals surface area contributed by atoms with Gasteiger partial charge in [-0.3, -0.25) is 0 Å². The van der Waals surface area contributed by atoms with Crippen LogP contribution >= 0.6 is 0 Å². The summed E-state index contributed by atoms with van der Waals surface area (Å²) in [5.41, 5.74) is 8.35. The summed E-state index contributed by atoms with van der Waals surface area (Å²) < 4.78 is 0. The van der Waals surface area contributed by atoms with Crippen LogP contribution < -0.4 is 11.1 Å². The molecule has 3 N–H and O–H groups in total. The van der Waals surface area contributed by atoms with Crippen molar-refractivity contribution < 1.29 is 0 Å². The van der Waals surface area contributed by atoms with Crippen molar-refractivity contribution in [2.45, 2.75) is 46.1 Å². The third-order valence-corrected chi connectivity index (χ3v) is 3.22. The number of aryl methyl sites for hydroxylation is 1. The van der Waals surface area contributed by atoms with Gasteiger partial charge in [-0.05, 0) is 44.7 Å². The maximum Gasteiger partial charge on any atom is 0.0467 e. The first-order valence-electron chi connectivity index (χ1n) is 6.50. The van der Waals surface area contributed by atoms with Crippen molar-refractivity contribution in [2.75, 3.05) is 11.9 Å². The van der Waals surface area contributed by atoms with Gasteiger partial charge in [0.1, 0.15) is 0 Å². The molecular weight excluding hydrogens is 208 g/mol. The van der Waals surface area contributed by atoms with Crippen LogP contribution in [0.25, 0.3) is 0 Å². The lowest BCUT2D eigenvalue weighted by atomic mass is 9.91. The molecule has 0 bridgehead atoms. The quantitative estimate of drug-likeness (QED) is 0.790. The molecule has 0 aliphatic carbocycles. The fraction of sp³-hybridized carbons (Fsp3) is 0.600. The van der Waals surface area contributed by atoms with Crippen LogP contribution in [0.15, 0.2) is 24.3 Å². The van der Waals surface area contributed by atoms with Crippen LogP contribution in [0.1, 0.15) is 39.2 Å². The Labute approximate surface area is 106 Å². The molecule has 1 rings (SSSR count). The van der Waals surface area contributed by atoms with E-state index in [9.17, 15) is 0 Å². The van der Waals surface area contributed by atoms with E-state index in [1.54, 1.807) is 0 Å².